The fourth-order valence-corrected chi connectivity index (χ4v) is 3.59. The third kappa shape index (κ3) is 2.85. The van der Waals surface area contributed by atoms with Crippen LogP contribution < -0.4 is 5.32 Å². The van der Waals surface area contributed by atoms with Crippen molar-refractivity contribution in [2.45, 2.75) is 57.6 Å². The van der Waals surface area contributed by atoms with Crippen molar-refractivity contribution in [3.05, 3.63) is 0 Å². The van der Waals surface area contributed by atoms with Crippen molar-refractivity contribution in [2.24, 2.45) is 9.81 Å². The van der Waals surface area contributed by atoms with Crippen LogP contribution in [0.1, 0.15) is 52.9 Å². The molecule has 4 heteroatoms. The summed E-state index contributed by atoms with van der Waals surface area (Å²) in [6.45, 7) is 8.16. The maximum Gasteiger partial charge on any atom is 0.144 e. The molecular formula is C13H24N2OS. The molecule has 2 fully saturated rings. The normalized spacial score (nSPS) is 28.8. The summed E-state index contributed by atoms with van der Waals surface area (Å²) in [4.78, 5) is 0. The Labute approximate surface area is 108 Å². The molecule has 0 aromatic rings. The molecule has 1 spiro atoms. The third-order valence-corrected chi connectivity index (χ3v) is 5.39. The van der Waals surface area contributed by atoms with Crippen molar-refractivity contribution in [1.82, 2.24) is 5.32 Å². The van der Waals surface area contributed by atoms with Gasteiger partial charge in [0.15, 0.2) is 0 Å². The molecule has 0 amide bonds. The average molecular weight is 256 g/mol. The lowest BCUT2D eigenvalue weighted by atomic mass is 9.76. The molecule has 0 aromatic heterocycles. The van der Waals surface area contributed by atoms with E-state index in [2.05, 4.69) is 9.71 Å². The Morgan fingerprint density at radius 3 is 2.47 bits per heavy atom. The zero-order valence-electron chi connectivity index (χ0n) is 11.2. The van der Waals surface area contributed by atoms with Gasteiger partial charge in [-0.1, -0.05) is 4.40 Å². The van der Waals surface area contributed by atoms with Crippen molar-refractivity contribution >= 4 is 17.1 Å². The second-order valence-corrected chi connectivity index (χ2v) is 8.19. The standard InChI is InChI=1S/C13H24N2OS/c1-12(2,3)17(16)15-11-5-4-6-13(11)7-9-14-10-8-13/h14H,4-10H2,1-3H3/t17-/m1/s1. The SMILES string of the molecule is CC(C)(C)[S@@+]([O-])N=C1CCCC12CCNCC2. The van der Waals surface area contributed by atoms with Crippen LogP contribution in [0, 0.1) is 5.41 Å². The third-order valence-electron chi connectivity index (χ3n) is 3.96. The maximum absolute atomic E-state index is 12.2. The summed E-state index contributed by atoms with van der Waals surface area (Å²) in [7, 11) is 0. The number of hydrogen-bond acceptors (Lipinski definition) is 3. The summed E-state index contributed by atoms with van der Waals surface area (Å²) in [5, 5.41) is 3.41. The first kappa shape index (κ1) is 13.4. The summed E-state index contributed by atoms with van der Waals surface area (Å²) in [5.74, 6) is 0. The van der Waals surface area contributed by atoms with Gasteiger partial charge in [-0.25, -0.2) is 0 Å². The van der Waals surface area contributed by atoms with Crippen LogP contribution in [0.15, 0.2) is 4.40 Å². The number of hydrogen-bond donors (Lipinski definition) is 1. The van der Waals surface area contributed by atoms with Gasteiger partial charge >= 0.3 is 0 Å². The second-order valence-electron chi connectivity index (χ2n) is 6.28. The zero-order valence-corrected chi connectivity index (χ0v) is 12.0. The number of nitrogens with one attached hydrogen (secondary N) is 1. The van der Waals surface area contributed by atoms with Crippen molar-refractivity contribution in [1.29, 1.82) is 0 Å². The Hall–Kier alpha value is -0.0600. The molecule has 0 aromatic carbocycles. The molecule has 1 aliphatic heterocycles. The fraction of sp³-hybridized carbons (Fsp3) is 0.923. The second kappa shape index (κ2) is 4.90. The summed E-state index contributed by atoms with van der Waals surface area (Å²) >= 11 is -1.09. The van der Waals surface area contributed by atoms with Gasteiger partial charge in [0.1, 0.15) is 16.1 Å². The minimum Gasteiger partial charge on any atom is -0.591 e. The Morgan fingerprint density at radius 1 is 1.24 bits per heavy atom. The molecule has 2 rings (SSSR count). The highest BCUT2D eigenvalue weighted by Crippen LogP contribution is 2.43. The largest absolute Gasteiger partial charge is 0.591 e. The first-order chi connectivity index (χ1) is 7.94. The van der Waals surface area contributed by atoms with Gasteiger partial charge in [-0.3, -0.25) is 0 Å². The number of piperidine rings is 1. The van der Waals surface area contributed by atoms with E-state index in [9.17, 15) is 4.55 Å². The van der Waals surface area contributed by atoms with Crippen molar-refractivity contribution in [3.63, 3.8) is 0 Å². The van der Waals surface area contributed by atoms with Gasteiger partial charge < -0.3 is 9.87 Å². The molecule has 0 unspecified atom stereocenters. The van der Waals surface area contributed by atoms with Gasteiger partial charge in [-0.2, -0.15) is 0 Å². The van der Waals surface area contributed by atoms with E-state index in [0.717, 1.165) is 19.5 Å². The minimum atomic E-state index is -1.09. The van der Waals surface area contributed by atoms with Gasteiger partial charge in [0, 0.05) is 5.41 Å². The molecule has 98 valence electrons. The Bertz CT molecular complexity index is 303. The lowest BCUT2D eigenvalue weighted by Crippen LogP contribution is -2.40. The van der Waals surface area contributed by atoms with Crippen LogP contribution in [-0.2, 0) is 11.4 Å². The lowest BCUT2D eigenvalue weighted by molar-refractivity contribution is 0.296. The molecule has 17 heavy (non-hydrogen) atoms. The summed E-state index contributed by atoms with van der Waals surface area (Å²) in [6.07, 6.45) is 5.87. The van der Waals surface area contributed by atoms with Crippen LogP contribution in [0.5, 0.6) is 0 Å². The number of rotatable bonds is 1. The quantitative estimate of drug-likeness (QED) is 0.733. The van der Waals surface area contributed by atoms with Crippen LogP contribution >= 0.6 is 0 Å². The molecule has 2 aliphatic rings. The van der Waals surface area contributed by atoms with Crippen LogP contribution in [0.4, 0.5) is 0 Å². The average Bonchev–Trinajstić information content (AvgIpc) is 2.61. The van der Waals surface area contributed by atoms with E-state index >= 15 is 0 Å². The maximum atomic E-state index is 12.2. The molecule has 1 aliphatic carbocycles. The zero-order chi connectivity index (χ0) is 12.5. The monoisotopic (exact) mass is 256 g/mol. The lowest BCUT2D eigenvalue weighted by Gasteiger charge is -2.34. The molecule has 0 radical (unpaired) electrons. The first-order valence-corrected chi connectivity index (χ1v) is 7.76. The Balaban J connectivity index is 2.16. The van der Waals surface area contributed by atoms with Gasteiger partial charge in [0.2, 0.25) is 0 Å². The minimum absolute atomic E-state index is 0.232. The van der Waals surface area contributed by atoms with Gasteiger partial charge in [-0.05, 0) is 66.0 Å². The summed E-state index contributed by atoms with van der Waals surface area (Å²) in [6, 6.07) is 0. The van der Waals surface area contributed by atoms with Gasteiger partial charge in [0.25, 0.3) is 0 Å². The van der Waals surface area contributed by atoms with E-state index in [-0.39, 0.29) is 10.2 Å². The highest BCUT2D eigenvalue weighted by Gasteiger charge is 2.43. The number of nitrogens with zero attached hydrogens (tertiary/aromatic N) is 1. The Kier molecular flexibility index (Phi) is 3.86. The molecule has 1 atom stereocenters. The highest BCUT2D eigenvalue weighted by molar-refractivity contribution is 7.91. The van der Waals surface area contributed by atoms with Crippen molar-refractivity contribution in [2.75, 3.05) is 13.1 Å². The summed E-state index contributed by atoms with van der Waals surface area (Å²) < 4.78 is 16.5. The fourth-order valence-electron chi connectivity index (χ4n) is 2.83. The van der Waals surface area contributed by atoms with Crippen LogP contribution in [-0.4, -0.2) is 28.1 Å². The van der Waals surface area contributed by atoms with Crippen LogP contribution in [0.2, 0.25) is 0 Å². The van der Waals surface area contributed by atoms with E-state index in [1.807, 2.05) is 20.8 Å². The predicted octanol–water partition coefficient (Wildman–Crippen LogP) is 2.44. The van der Waals surface area contributed by atoms with E-state index in [1.54, 1.807) is 0 Å². The van der Waals surface area contributed by atoms with E-state index in [1.165, 1.54) is 31.4 Å². The molecule has 3 nitrogen and oxygen atoms in total. The summed E-state index contributed by atoms with van der Waals surface area (Å²) in [5.41, 5.74) is 1.53. The predicted molar refractivity (Wildman–Crippen MR) is 73.7 cm³/mol. The van der Waals surface area contributed by atoms with Crippen LogP contribution in [0.25, 0.3) is 0 Å². The van der Waals surface area contributed by atoms with E-state index in [4.69, 9.17) is 0 Å². The molecule has 1 N–H and O–H groups in total. The smallest absolute Gasteiger partial charge is 0.144 e. The van der Waals surface area contributed by atoms with Crippen molar-refractivity contribution in [3.8, 4) is 0 Å². The Morgan fingerprint density at radius 2 is 1.88 bits per heavy atom. The molecule has 1 saturated heterocycles. The molecule has 1 saturated carbocycles. The first-order valence-electron chi connectivity index (χ1n) is 6.65. The van der Waals surface area contributed by atoms with Crippen LogP contribution in [0.3, 0.4) is 0 Å². The van der Waals surface area contributed by atoms with Crippen molar-refractivity contribution < 1.29 is 4.55 Å². The molecule has 0 bridgehead atoms. The van der Waals surface area contributed by atoms with E-state index < -0.39 is 11.4 Å². The molecular weight excluding hydrogens is 232 g/mol. The van der Waals surface area contributed by atoms with Gasteiger partial charge in [-0.15, -0.1) is 0 Å². The highest BCUT2D eigenvalue weighted by atomic mass is 32.2. The molecule has 1 heterocycles. The van der Waals surface area contributed by atoms with E-state index in [0.29, 0.717) is 0 Å². The van der Waals surface area contributed by atoms with Gasteiger partial charge in [0.05, 0.1) is 5.71 Å². The topological polar surface area (TPSA) is 47.5 Å².